The average molecular weight is 323 g/mol. The monoisotopic (exact) mass is 323 g/mol. The van der Waals surface area contributed by atoms with Crippen LogP contribution in [0.2, 0.25) is 0 Å². The molecule has 0 aliphatic rings. The van der Waals surface area contributed by atoms with Crippen LogP contribution in [0.1, 0.15) is 33.3 Å². The van der Waals surface area contributed by atoms with Gasteiger partial charge in [-0.1, -0.05) is 30.3 Å². The lowest BCUT2D eigenvalue weighted by atomic mass is 10.2. The predicted octanol–water partition coefficient (Wildman–Crippen LogP) is 2.66. The molecule has 0 bridgehead atoms. The van der Waals surface area contributed by atoms with Gasteiger partial charge in [0.1, 0.15) is 5.60 Å². The van der Waals surface area contributed by atoms with E-state index in [2.05, 4.69) is 5.32 Å². The molecule has 0 radical (unpaired) electrons. The molecule has 0 saturated carbocycles. The lowest BCUT2D eigenvalue weighted by Gasteiger charge is -2.22. The molecule has 0 aromatic heterocycles. The summed E-state index contributed by atoms with van der Waals surface area (Å²) in [5.41, 5.74) is 0.334. The maximum absolute atomic E-state index is 11.9. The summed E-state index contributed by atoms with van der Waals surface area (Å²) in [6.45, 7) is 7.52. The summed E-state index contributed by atoms with van der Waals surface area (Å²) in [4.78, 5) is 23.7. The van der Waals surface area contributed by atoms with E-state index in [4.69, 9.17) is 14.2 Å². The van der Waals surface area contributed by atoms with E-state index in [1.54, 1.807) is 27.7 Å². The zero-order valence-electron chi connectivity index (χ0n) is 14.1. The third-order valence-electron chi connectivity index (χ3n) is 2.66. The third kappa shape index (κ3) is 8.21. The predicted molar refractivity (Wildman–Crippen MR) is 85.9 cm³/mol. The number of esters is 1. The first kappa shape index (κ1) is 19.0. The summed E-state index contributed by atoms with van der Waals surface area (Å²) in [6.07, 6.45) is -0.682. The molecule has 1 unspecified atom stereocenters. The van der Waals surface area contributed by atoms with Gasteiger partial charge in [0.05, 0.1) is 19.8 Å². The van der Waals surface area contributed by atoms with Crippen molar-refractivity contribution < 1.29 is 23.8 Å². The molecule has 1 rings (SSSR count). The normalized spacial score (nSPS) is 12.3. The quantitative estimate of drug-likeness (QED) is 0.781. The van der Waals surface area contributed by atoms with E-state index in [1.165, 1.54) is 0 Å². The molecule has 128 valence electrons. The van der Waals surface area contributed by atoms with Crippen LogP contribution in [0, 0.1) is 0 Å². The van der Waals surface area contributed by atoms with Crippen molar-refractivity contribution in [1.82, 2.24) is 5.32 Å². The number of hydrogen-bond acceptors (Lipinski definition) is 5. The van der Waals surface area contributed by atoms with Crippen LogP contribution in [0.15, 0.2) is 30.3 Å². The Morgan fingerprint density at radius 2 is 1.83 bits per heavy atom. The van der Waals surface area contributed by atoms with Crippen molar-refractivity contribution in [2.75, 3.05) is 13.2 Å². The highest BCUT2D eigenvalue weighted by Crippen LogP contribution is 2.07. The van der Waals surface area contributed by atoms with Crippen molar-refractivity contribution in [2.24, 2.45) is 0 Å². The van der Waals surface area contributed by atoms with Gasteiger partial charge in [-0.3, -0.25) is 0 Å². The SMILES string of the molecule is CCOC(=O)C(COCc1ccccc1)NC(=O)OC(C)(C)C. The number of carbonyl (C=O) groups excluding carboxylic acids is 2. The van der Waals surface area contributed by atoms with E-state index >= 15 is 0 Å². The van der Waals surface area contributed by atoms with Gasteiger partial charge in [0, 0.05) is 0 Å². The van der Waals surface area contributed by atoms with Crippen LogP contribution >= 0.6 is 0 Å². The van der Waals surface area contributed by atoms with Crippen LogP contribution in [0.25, 0.3) is 0 Å². The van der Waals surface area contributed by atoms with Crippen LogP contribution in [0.4, 0.5) is 4.79 Å². The Labute approximate surface area is 137 Å². The Morgan fingerprint density at radius 1 is 1.17 bits per heavy atom. The van der Waals surface area contributed by atoms with Crippen LogP contribution < -0.4 is 5.32 Å². The molecule has 6 nitrogen and oxygen atoms in total. The van der Waals surface area contributed by atoms with Crippen molar-refractivity contribution in [3.63, 3.8) is 0 Å². The van der Waals surface area contributed by atoms with Crippen molar-refractivity contribution in [2.45, 2.75) is 45.9 Å². The Bertz CT molecular complexity index is 495. The van der Waals surface area contributed by atoms with Crippen LogP contribution in [0.3, 0.4) is 0 Å². The van der Waals surface area contributed by atoms with E-state index in [-0.39, 0.29) is 13.2 Å². The number of alkyl carbamates (subject to hydrolysis) is 1. The first-order chi connectivity index (χ1) is 10.8. The molecule has 1 N–H and O–H groups in total. The fourth-order valence-electron chi connectivity index (χ4n) is 1.73. The topological polar surface area (TPSA) is 73.9 Å². The third-order valence-corrected chi connectivity index (χ3v) is 2.66. The minimum absolute atomic E-state index is 0.00692. The summed E-state index contributed by atoms with van der Waals surface area (Å²) in [7, 11) is 0. The second-order valence-corrected chi connectivity index (χ2v) is 5.95. The molecule has 0 aliphatic heterocycles. The fraction of sp³-hybridized carbons (Fsp3) is 0.529. The van der Waals surface area contributed by atoms with Gasteiger partial charge in [0.15, 0.2) is 6.04 Å². The van der Waals surface area contributed by atoms with Crippen molar-refractivity contribution in [3.8, 4) is 0 Å². The summed E-state index contributed by atoms with van der Waals surface area (Å²) in [6, 6.07) is 8.64. The summed E-state index contributed by atoms with van der Waals surface area (Å²) in [5, 5.41) is 2.48. The zero-order chi connectivity index (χ0) is 17.3. The molecule has 0 aliphatic carbocycles. The number of nitrogens with one attached hydrogen (secondary N) is 1. The van der Waals surface area contributed by atoms with E-state index in [9.17, 15) is 9.59 Å². The lowest BCUT2D eigenvalue weighted by Crippen LogP contribution is -2.46. The maximum atomic E-state index is 11.9. The van der Waals surface area contributed by atoms with Crippen LogP contribution in [0.5, 0.6) is 0 Å². The number of rotatable bonds is 7. The number of amides is 1. The summed E-state index contributed by atoms with van der Waals surface area (Å²) in [5.74, 6) is -0.550. The van der Waals surface area contributed by atoms with Gasteiger partial charge in [-0.05, 0) is 33.3 Å². The highest BCUT2D eigenvalue weighted by Gasteiger charge is 2.25. The van der Waals surface area contributed by atoms with Crippen LogP contribution in [-0.2, 0) is 25.6 Å². The molecule has 1 amide bonds. The Balaban J connectivity index is 2.55. The van der Waals surface area contributed by atoms with Gasteiger partial charge in [-0.2, -0.15) is 0 Å². The molecule has 0 spiro atoms. The lowest BCUT2D eigenvalue weighted by molar-refractivity contribution is -0.147. The number of carbonyl (C=O) groups is 2. The number of ether oxygens (including phenoxy) is 3. The molecule has 0 heterocycles. The largest absolute Gasteiger partial charge is 0.464 e. The van der Waals surface area contributed by atoms with Gasteiger partial charge < -0.3 is 19.5 Å². The highest BCUT2D eigenvalue weighted by molar-refractivity contribution is 5.81. The molecule has 1 atom stereocenters. The molecule has 0 fully saturated rings. The summed E-state index contributed by atoms with van der Waals surface area (Å²) < 4.78 is 15.6. The molecule has 1 aromatic carbocycles. The first-order valence-electron chi connectivity index (χ1n) is 7.59. The molecule has 23 heavy (non-hydrogen) atoms. The van der Waals surface area contributed by atoms with Gasteiger partial charge in [-0.15, -0.1) is 0 Å². The Kier molecular flexibility index (Phi) is 7.54. The van der Waals surface area contributed by atoms with Gasteiger partial charge in [-0.25, -0.2) is 9.59 Å². The first-order valence-corrected chi connectivity index (χ1v) is 7.59. The minimum atomic E-state index is -0.909. The van der Waals surface area contributed by atoms with E-state index in [0.717, 1.165) is 5.56 Å². The van der Waals surface area contributed by atoms with Crippen molar-refractivity contribution >= 4 is 12.1 Å². The van der Waals surface area contributed by atoms with Crippen molar-refractivity contribution in [1.29, 1.82) is 0 Å². The zero-order valence-corrected chi connectivity index (χ0v) is 14.1. The molecule has 0 saturated heterocycles. The second-order valence-electron chi connectivity index (χ2n) is 5.95. The number of benzene rings is 1. The van der Waals surface area contributed by atoms with Gasteiger partial charge in [0.25, 0.3) is 0 Å². The van der Waals surface area contributed by atoms with Crippen LogP contribution in [-0.4, -0.2) is 36.9 Å². The Morgan fingerprint density at radius 3 is 2.39 bits per heavy atom. The smallest absolute Gasteiger partial charge is 0.408 e. The average Bonchev–Trinajstić information content (AvgIpc) is 2.45. The highest BCUT2D eigenvalue weighted by atomic mass is 16.6. The van der Waals surface area contributed by atoms with Gasteiger partial charge in [0.2, 0.25) is 0 Å². The second kappa shape index (κ2) is 9.15. The van der Waals surface area contributed by atoms with E-state index in [1.807, 2.05) is 30.3 Å². The number of hydrogen-bond donors (Lipinski definition) is 1. The Hall–Kier alpha value is -2.08. The summed E-state index contributed by atoms with van der Waals surface area (Å²) >= 11 is 0. The van der Waals surface area contributed by atoms with E-state index < -0.39 is 23.7 Å². The molecular formula is C17H25NO5. The maximum Gasteiger partial charge on any atom is 0.408 e. The minimum Gasteiger partial charge on any atom is -0.464 e. The van der Waals surface area contributed by atoms with Gasteiger partial charge >= 0.3 is 12.1 Å². The van der Waals surface area contributed by atoms with E-state index in [0.29, 0.717) is 6.61 Å². The standard InChI is InChI=1S/C17H25NO5/c1-5-22-15(19)14(18-16(20)23-17(2,3)4)12-21-11-13-9-7-6-8-10-13/h6-10,14H,5,11-12H2,1-4H3,(H,18,20). The molecule has 1 aromatic rings. The molecular weight excluding hydrogens is 298 g/mol. The molecule has 6 heteroatoms. The van der Waals surface area contributed by atoms with Crippen molar-refractivity contribution in [3.05, 3.63) is 35.9 Å². The fourth-order valence-corrected chi connectivity index (χ4v) is 1.73.